The molecule has 7 nitrogen and oxygen atoms in total. The lowest BCUT2D eigenvalue weighted by Crippen LogP contribution is -2.38. The summed E-state index contributed by atoms with van der Waals surface area (Å²) in [5.74, 6) is 2.19. The van der Waals surface area contributed by atoms with Gasteiger partial charge in [0.2, 0.25) is 17.6 Å². The van der Waals surface area contributed by atoms with Gasteiger partial charge in [-0.2, -0.15) is 4.98 Å². The Hall–Kier alpha value is -3.48. The second-order valence-corrected chi connectivity index (χ2v) is 7.55. The lowest BCUT2D eigenvalue weighted by molar-refractivity contribution is -0.132. The maximum absolute atomic E-state index is 12.6. The summed E-state index contributed by atoms with van der Waals surface area (Å²) < 4.78 is 11.2. The first-order chi connectivity index (χ1) is 14.8. The minimum atomic E-state index is 0.116. The van der Waals surface area contributed by atoms with Crippen molar-refractivity contribution in [1.29, 1.82) is 0 Å². The molecule has 0 saturated carbocycles. The van der Waals surface area contributed by atoms with Crippen LogP contribution in [0, 0.1) is 0 Å². The predicted molar refractivity (Wildman–Crippen MR) is 111 cm³/mol. The van der Waals surface area contributed by atoms with E-state index in [1.165, 1.54) is 0 Å². The summed E-state index contributed by atoms with van der Waals surface area (Å²) >= 11 is 0. The molecule has 0 N–H and O–H groups in total. The summed E-state index contributed by atoms with van der Waals surface area (Å²) in [6.45, 7) is 1.42. The summed E-state index contributed by atoms with van der Waals surface area (Å²) in [5, 5.41) is 4.01. The molecule has 1 aliphatic heterocycles. The summed E-state index contributed by atoms with van der Waals surface area (Å²) in [7, 11) is 0. The minimum Gasteiger partial charge on any atom is -0.440 e. The molecule has 0 bridgehead atoms. The number of aryl methyl sites for hydroxylation is 1. The van der Waals surface area contributed by atoms with Crippen molar-refractivity contribution in [3.05, 3.63) is 66.4 Å². The van der Waals surface area contributed by atoms with Crippen LogP contribution in [0.15, 0.2) is 63.5 Å². The molecule has 0 atom stereocenters. The van der Waals surface area contributed by atoms with Crippen molar-refractivity contribution < 1.29 is 13.7 Å². The summed E-state index contributed by atoms with van der Waals surface area (Å²) in [5.41, 5.74) is 2.61. The molecule has 3 heterocycles. The molecule has 1 fully saturated rings. The number of likely N-dealkylation sites (tertiary alicyclic amines) is 1. The molecule has 1 saturated heterocycles. The summed E-state index contributed by atoms with van der Waals surface area (Å²) in [6, 6.07) is 17.5. The number of benzene rings is 2. The van der Waals surface area contributed by atoms with Crippen molar-refractivity contribution >= 4 is 17.0 Å². The first-order valence-electron chi connectivity index (χ1n) is 10.3. The molecule has 5 rings (SSSR count). The maximum atomic E-state index is 12.6. The van der Waals surface area contributed by atoms with Gasteiger partial charge < -0.3 is 13.8 Å². The van der Waals surface area contributed by atoms with Crippen molar-refractivity contribution in [1.82, 2.24) is 20.0 Å². The normalized spacial score (nSPS) is 15.0. The van der Waals surface area contributed by atoms with E-state index in [9.17, 15) is 4.79 Å². The van der Waals surface area contributed by atoms with Gasteiger partial charge in [-0.15, -0.1) is 0 Å². The minimum absolute atomic E-state index is 0.116. The van der Waals surface area contributed by atoms with E-state index in [1.807, 2.05) is 59.5 Å². The smallest absolute Gasteiger partial charge is 0.227 e. The van der Waals surface area contributed by atoms with Crippen molar-refractivity contribution in [2.75, 3.05) is 13.1 Å². The standard InChI is InChI=1S/C23H22N4O3/c28-21(11-10-20-25-22(26-30-20)16-6-2-1-3-7-16)27-14-12-17(13-15-27)23-24-18-8-4-5-9-19(18)29-23/h1-9,17H,10-15H2. The number of piperidine rings is 1. The number of aromatic nitrogens is 3. The number of hydrogen-bond donors (Lipinski definition) is 0. The summed E-state index contributed by atoms with van der Waals surface area (Å²) in [4.78, 5) is 23.6. The van der Waals surface area contributed by atoms with E-state index >= 15 is 0 Å². The fourth-order valence-electron chi connectivity index (χ4n) is 3.87. The van der Waals surface area contributed by atoms with Crippen LogP contribution in [-0.4, -0.2) is 39.0 Å². The maximum Gasteiger partial charge on any atom is 0.227 e. The third-order valence-electron chi connectivity index (χ3n) is 5.56. The van der Waals surface area contributed by atoms with E-state index in [0.717, 1.165) is 35.4 Å². The molecule has 4 aromatic rings. The Morgan fingerprint density at radius 2 is 1.77 bits per heavy atom. The zero-order valence-corrected chi connectivity index (χ0v) is 16.5. The van der Waals surface area contributed by atoms with Gasteiger partial charge in [0.05, 0.1) is 0 Å². The zero-order chi connectivity index (χ0) is 20.3. The largest absolute Gasteiger partial charge is 0.440 e. The predicted octanol–water partition coefficient (Wildman–Crippen LogP) is 4.22. The highest BCUT2D eigenvalue weighted by Gasteiger charge is 2.27. The Kier molecular flexibility index (Phi) is 5.01. The Morgan fingerprint density at radius 3 is 2.57 bits per heavy atom. The quantitative estimate of drug-likeness (QED) is 0.497. The second-order valence-electron chi connectivity index (χ2n) is 7.55. The molecule has 1 amide bonds. The second kappa shape index (κ2) is 8.10. The van der Waals surface area contributed by atoms with Crippen molar-refractivity contribution in [3.63, 3.8) is 0 Å². The average molecular weight is 402 g/mol. The van der Waals surface area contributed by atoms with Crippen LogP contribution < -0.4 is 0 Å². The third kappa shape index (κ3) is 3.83. The van der Waals surface area contributed by atoms with Crippen LogP contribution >= 0.6 is 0 Å². The van der Waals surface area contributed by atoms with E-state index < -0.39 is 0 Å². The number of hydrogen-bond acceptors (Lipinski definition) is 6. The van der Waals surface area contributed by atoms with E-state index in [2.05, 4.69) is 15.1 Å². The van der Waals surface area contributed by atoms with E-state index in [-0.39, 0.29) is 11.8 Å². The van der Waals surface area contributed by atoms with Gasteiger partial charge in [0.1, 0.15) is 5.52 Å². The van der Waals surface area contributed by atoms with Gasteiger partial charge >= 0.3 is 0 Å². The molecule has 0 aliphatic carbocycles. The van der Waals surface area contributed by atoms with Crippen LogP contribution in [0.25, 0.3) is 22.5 Å². The number of carbonyl (C=O) groups excluding carboxylic acids is 1. The van der Waals surface area contributed by atoms with E-state index in [1.54, 1.807) is 0 Å². The highest BCUT2D eigenvalue weighted by molar-refractivity contribution is 5.76. The van der Waals surface area contributed by atoms with E-state index in [4.69, 9.17) is 8.94 Å². The monoisotopic (exact) mass is 402 g/mol. The Bertz CT molecular complexity index is 1110. The number of nitrogens with zero attached hydrogens (tertiary/aromatic N) is 4. The number of amides is 1. The third-order valence-corrected chi connectivity index (χ3v) is 5.56. The van der Waals surface area contributed by atoms with Crippen LogP contribution in [0.2, 0.25) is 0 Å². The fraction of sp³-hybridized carbons (Fsp3) is 0.304. The molecule has 0 unspecified atom stereocenters. The molecule has 152 valence electrons. The molecule has 30 heavy (non-hydrogen) atoms. The van der Waals surface area contributed by atoms with Crippen molar-refractivity contribution in [2.24, 2.45) is 0 Å². The molecular weight excluding hydrogens is 380 g/mol. The Morgan fingerprint density at radius 1 is 1.00 bits per heavy atom. The molecule has 2 aromatic heterocycles. The Labute approximate surface area is 173 Å². The average Bonchev–Trinajstić information content (AvgIpc) is 3.45. The first kappa shape index (κ1) is 18.5. The fourth-order valence-corrected chi connectivity index (χ4v) is 3.87. The highest BCUT2D eigenvalue weighted by Crippen LogP contribution is 2.30. The molecule has 0 radical (unpaired) electrons. The Balaban J connectivity index is 1.14. The highest BCUT2D eigenvalue weighted by atomic mass is 16.5. The zero-order valence-electron chi connectivity index (χ0n) is 16.5. The van der Waals surface area contributed by atoms with Gasteiger partial charge in [-0.1, -0.05) is 47.6 Å². The van der Waals surface area contributed by atoms with Gasteiger partial charge in [-0.05, 0) is 25.0 Å². The van der Waals surface area contributed by atoms with Crippen LogP contribution in [-0.2, 0) is 11.2 Å². The van der Waals surface area contributed by atoms with Crippen molar-refractivity contribution in [2.45, 2.75) is 31.6 Å². The van der Waals surface area contributed by atoms with Gasteiger partial charge in [0.25, 0.3) is 0 Å². The molecular formula is C23H22N4O3. The number of oxazole rings is 1. The van der Waals surface area contributed by atoms with Crippen molar-refractivity contribution in [3.8, 4) is 11.4 Å². The molecule has 1 aliphatic rings. The lowest BCUT2D eigenvalue weighted by atomic mass is 9.96. The topological polar surface area (TPSA) is 85.3 Å². The summed E-state index contributed by atoms with van der Waals surface area (Å²) in [6.07, 6.45) is 2.53. The van der Waals surface area contributed by atoms with Crippen LogP contribution in [0.3, 0.4) is 0 Å². The van der Waals surface area contributed by atoms with E-state index in [0.29, 0.717) is 37.6 Å². The molecule has 0 spiro atoms. The van der Waals surface area contributed by atoms with Crippen LogP contribution in [0.5, 0.6) is 0 Å². The van der Waals surface area contributed by atoms with Crippen LogP contribution in [0.1, 0.15) is 37.0 Å². The van der Waals surface area contributed by atoms with Gasteiger partial charge in [0.15, 0.2) is 11.5 Å². The number of para-hydroxylation sites is 2. The first-order valence-corrected chi connectivity index (χ1v) is 10.3. The van der Waals surface area contributed by atoms with Gasteiger partial charge in [-0.3, -0.25) is 4.79 Å². The molecule has 2 aromatic carbocycles. The van der Waals surface area contributed by atoms with Crippen LogP contribution in [0.4, 0.5) is 0 Å². The number of fused-ring (bicyclic) bond motifs is 1. The molecule has 7 heteroatoms. The van der Waals surface area contributed by atoms with Gasteiger partial charge in [0, 0.05) is 37.4 Å². The number of rotatable bonds is 5. The SMILES string of the molecule is O=C(CCc1nc(-c2ccccc2)no1)N1CCC(c2nc3ccccc3o2)CC1. The van der Waals surface area contributed by atoms with Gasteiger partial charge in [-0.25, -0.2) is 4.98 Å². The number of carbonyl (C=O) groups is 1. The lowest BCUT2D eigenvalue weighted by Gasteiger charge is -2.30.